The van der Waals surface area contributed by atoms with Gasteiger partial charge in [-0.2, -0.15) is 0 Å². The average molecular weight is 318 g/mol. The summed E-state index contributed by atoms with van der Waals surface area (Å²) < 4.78 is 5.12. The Labute approximate surface area is 137 Å². The Morgan fingerprint density at radius 3 is 2.48 bits per heavy atom. The molecule has 0 bridgehead atoms. The molecule has 0 amide bonds. The lowest BCUT2D eigenvalue weighted by Gasteiger charge is -2.59. The van der Waals surface area contributed by atoms with Crippen molar-refractivity contribution in [2.75, 3.05) is 7.11 Å². The third kappa shape index (κ3) is 2.06. The van der Waals surface area contributed by atoms with Crippen molar-refractivity contribution in [3.05, 3.63) is 11.6 Å². The molecule has 2 saturated carbocycles. The molecule has 0 aromatic rings. The summed E-state index contributed by atoms with van der Waals surface area (Å²) in [7, 11) is 1.42. The molecule has 0 unspecified atom stereocenters. The Hall–Kier alpha value is -1.45. The molecule has 0 aliphatic heterocycles. The molecule has 126 valence electrons. The van der Waals surface area contributed by atoms with Crippen LogP contribution in [0.5, 0.6) is 0 Å². The lowest BCUT2D eigenvalue weighted by molar-refractivity contribution is -0.159. The summed E-state index contributed by atoms with van der Waals surface area (Å²) in [6, 6.07) is 0. The molecule has 4 heteroatoms. The molecule has 0 spiro atoms. The van der Waals surface area contributed by atoms with E-state index in [1.807, 2.05) is 13.8 Å². The van der Waals surface area contributed by atoms with Crippen LogP contribution in [0.15, 0.2) is 11.6 Å². The Morgan fingerprint density at radius 1 is 1.13 bits per heavy atom. The quantitative estimate of drug-likeness (QED) is 0.696. The number of hydrogen-bond acceptors (Lipinski definition) is 4. The van der Waals surface area contributed by atoms with Gasteiger partial charge in [0.15, 0.2) is 5.78 Å². The van der Waals surface area contributed by atoms with Crippen molar-refractivity contribution >= 4 is 17.5 Å². The van der Waals surface area contributed by atoms with Gasteiger partial charge in [-0.05, 0) is 48.7 Å². The average Bonchev–Trinajstić information content (AvgIpc) is 2.51. The van der Waals surface area contributed by atoms with Gasteiger partial charge in [0.1, 0.15) is 5.78 Å². The number of hydrogen-bond donors (Lipinski definition) is 0. The van der Waals surface area contributed by atoms with Crippen LogP contribution in [-0.2, 0) is 19.1 Å². The van der Waals surface area contributed by atoms with Gasteiger partial charge in [-0.15, -0.1) is 0 Å². The van der Waals surface area contributed by atoms with E-state index >= 15 is 0 Å². The van der Waals surface area contributed by atoms with E-state index in [9.17, 15) is 14.4 Å². The first kappa shape index (κ1) is 16.4. The van der Waals surface area contributed by atoms with Gasteiger partial charge >= 0.3 is 5.97 Å². The Morgan fingerprint density at radius 2 is 1.83 bits per heavy atom. The van der Waals surface area contributed by atoms with Gasteiger partial charge in [0.05, 0.1) is 12.5 Å². The fourth-order valence-corrected chi connectivity index (χ4v) is 5.58. The molecule has 4 nitrogen and oxygen atoms in total. The van der Waals surface area contributed by atoms with Crippen molar-refractivity contribution in [3.8, 4) is 0 Å². The van der Waals surface area contributed by atoms with E-state index < -0.39 is 10.8 Å². The summed E-state index contributed by atoms with van der Waals surface area (Å²) in [5.41, 5.74) is -0.411. The van der Waals surface area contributed by atoms with Crippen molar-refractivity contribution in [1.82, 2.24) is 0 Å². The van der Waals surface area contributed by atoms with Crippen LogP contribution in [0.25, 0.3) is 0 Å². The number of fused-ring (bicyclic) bond motifs is 3. The maximum atomic E-state index is 12.6. The van der Waals surface area contributed by atoms with E-state index in [0.29, 0.717) is 31.5 Å². The fraction of sp³-hybridized carbons (Fsp3) is 0.737. The van der Waals surface area contributed by atoms with E-state index in [0.717, 1.165) is 18.4 Å². The summed E-state index contributed by atoms with van der Waals surface area (Å²) in [6.07, 6.45) is 5.40. The molecule has 0 heterocycles. The second-order valence-corrected chi connectivity index (χ2v) is 8.25. The second kappa shape index (κ2) is 5.02. The number of allylic oxidation sites excluding steroid dienone is 1. The van der Waals surface area contributed by atoms with E-state index in [-0.39, 0.29) is 23.1 Å². The molecule has 0 saturated heterocycles. The van der Waals surface area contributed by atoms with Crippen LogP contribution in [0.4, 0.5) is 0 Å². The summed E-state index contributed by atoms with van der Waals surface area (Å²) >= 11 is 0. The summed E-state index contributed by atoms with van der Waals surface area (Å²) in [5, 5.41) is 0. The van der Waals surface area contributed by atoms with E-state index in [1.54, 1.807) is 6.08 Å². The number of rotatable bonds is 1. The third-order valence-corrected chi connectivity index (χ3v) is 6.90. The highest BCUT2D eigenvalue weighted by molar-refractivity contribution is 5.96. The zero-order valence-electron chi connectivity index (χ0n) is 14.5. The number of carbonyl (C=O) groups is 3. The van der Waals surface area contributed by atoms with Crippen LogP contribution >= 0.6 is 0 Å². The Bertz CT molecular complexity index is 615. The van der Waals surface area contributed by atoms with Gasteiger partial charge in [-0.25, -0.2) is 0 Å². The standard InChI is InChI=1S/C19H26O4/c1-17(2)13-6-10-19(16(22)23-4)9-5-12(20)11-14(19)18(13,3)8-7-15(17)21/h11,13H,5-10H2,1-4H3/t13-,18-,19-/m0/s1. The number of carbonyl (C=O) groups excluding carboxylic acids is 3. The van der Waals surface area contributed by atoms with Gasteiger partial charge in [-0.3, -0.25) is 14.4 Å². The topological polar surface area (TPSA) is 60.4 Å². The first-order valence-corrected chi connectivity index (χ1v) is 8.56. The summed E-state index contributed by atoms with van der Waals surface area (Å²) in [4.78, 5) is 37.2. The van der Waals surface area contributed by atoms with Gasteiger partial charge < -0.3 is 4.74 Å². The highest BCUT2D eigenvalue weighted by Crippen LogP contribution is 2.65. The predicted octanol–water partition coefficient (Wildman–Crippen LogP) is 3.24. The zero-order valence-corrected chi connectivity index (χ0v) is 14.5. The second-order valence-electron chi connectivity index (χ2n) is 8.25. The van der Waals surface area contributed by atoms with E-state index in [4.69, 9.17) is 4.74 Å². The predicted molar refractivity (Wildman–Crippen MR) is 85.6 cm³/mol. The Kier molecular flexibility index (Phi) is 3.58. The van der Waals surface area contributed by atoms with Crippen LogP contribution in [0.3, 0.4) is 0 Å². The molecular formula is C19H26O4. The molecule has 0 aromatic carbocycles. The fourth-order valence-electron chi connectivity index (χ4n) is 5.58. The molecule has 2 fully saturated rings. The number of ketones is 2. The summed E-state index contributed by atoms with van der Waals surface area (Å²) in [6.45, 7) is 6.19. The molecular weight excluding hydrogens is 292 g/mol. The highest BCUT2D eigenvalue weighted by atomic mass is 16.5. The minimum Gasteiger partial charge on any atom is -0.468 e. The first-order chi connectivity index (χ1) is 10.7. The van der Waals surface area contributed by atoms with Crippen molar-refractivity contribution in [2.45, 2.75) is 59.3 Å². The van der Waals surface area contributed by atoms with Crippen molar-refractivity contribution in [2.24, 2.45) is 22.2 Å². The summed E-state index contributed by atoms with van der Waals surface area (Å²) in [5.74, 6) is 0.348. The molecule has 3 aliphatic rings. The molecule has 0 N–H and O–H groups in total. The maximum Gasteiger partial charge on any atom is 0.315 e. The molecule has 23 heavy (non-hydrogen) atoms. The molecule has 0 aromatic heterocycles. The molecule has 3 atom stereocenters. The smallest absolute Gasteiger partial charge is 0.315 e. The largest absolute Gasteiger partial charge is 0.468 e. The maximum absolute atomic E-state index is 12.6. The first-order valence-electron chi connectivity index (χ1n) is 8.56. The van der Waals surface area contributed by atoms with E-state index in [2.05, 4.69) is 6.92 Å². The van der Waals surface area contributed by atoms with Gasteiger partial charge in [-0.1, -0.05) is 20.8 Å². The van der Waals surface area contributed by atoms with Crippen molar-refractivity contribution in [3.63, 3.8) is 0 Å². The van der Waals surface area contributed by atoms with Crippen LogP contribution in [0.1, 0.15) is 59.3 Å². The van der Waals surface area contributed by atoms with Crippen LogP contribution < -0.4 is 0 Å². The number of esters is 1. The van der Waals surface area contributed by atoms with Gasteiger partial charge in [0.25, 0.3) is 0 Å². The number of methoxy groups -OCH3 is 1. The lowest BCUT2D eigenvalue weighted by Crippen LogP contribution is -2.57. The minimum absolute atomic E-state index is 0.0936. The monoisotopic (exact) mass is 318 g/mol. The minimum atomic E-state index is -0.662. The van der Waals surface area contributed by atoms with Gasteiger partial charge in [0.2, 0.25) is 0 Å². The lowest BCUT2D eigenvalue weighted by atomic mass is 9.43. The van der Waals surface area contributed by atoms with Crippen molar-refractivity contribution < 1.29 is 19.1 Å². The molecule has 3 aliphatic carbocycles. The van der Waals surface area contributed by atoms with E-state index in [1.165, 1.54) is 7.11 Å². The zero-order chi connectivity index (χ0) is 17.0. The molecule has 3 rings (SSSR count). The van der Waals surface area contributed by atoms with Crippen LogP contribution in [0, 0.1) is 22.2 Å². The number of Topliss-reactive ketones (excluding diaryl/α,β-unsaturated/α-hetero) is 1. The molecule has 0 radical (unpaired) electrons. The van der Waals surface area contributed by atoms with Crippen LogP contribution in [-0.4, -0.2) is 24.6 Å². The number of ether oxygens (including phenoxy) is 1. The highest BCUT2D eigenvalue weighted by Gasteiger charge is 2.62. The Balaban J connectivity index is 2.15. The normalized spacial score (nSPS) is 39.1. The van der Waals surface area contributed by atoms with Crippen LogP contribution in [0.2, 0.25) is 0 Å². The SMILES string of the molecule is COC(=O)[C@]12CCC(=O)C=C1[C@@]1(C)CCC(=O)C(C)(C)[C@@H]1CC2. The van der Waals surface area contributed by atoms with Gasteiger partial charge in [0, 0.05) is 18.3 Å². The van der Waals surface area contributed by atoms with Crippen molar-refractivity contribution in [1.29, 1.82) is 0 Å². The third-order valence-electron chi connectivity index (χ3n) is 6.90.